The van der Waals surface area contributed by atoms with E-state index in [4.69, 9.17) is 5.73 Å². The van der Waals surface area contributed by atoms with Crippen LogP contribution >= 0.6 is 11.3 Å². The van der Waals surface area contributed by atoms with Crippen molar-refractivity contribution in [2.75, 3.05) is 0 Å². The molecule has 2 N–H and O–H groups in total. The smallest absolute Gasteiger partial charge is 0.166 e. The highest BCUT2D eigenvalue weighted by Crippen LogP contribution is 2.27. The van der Waals surface area contributed by atoms with E-state index in [1.807, 2.05) is 0 Å². The topological polar surface area (TPSA) is 26.0 Å². The Morgan fingerprint density at radius 3 is 2.38 bits per heavy atom. The van der Waals surface area contributed by atoms with Gasteiger partial charge in [0.1, 0.15) is 5.82 Å². The number of benzene rings is 1. The number of hydrogen-bond donors (Lipinski definition) is 1. The minimum atomic E-state index is -1.22. The summed E-state index contributed by atoms with van der Waals surface area (Å²) in [7, 11) is 0. The average molecular weight is 243 g/mol. The van der Waals surface area contributed by atoms with Gasteiger partial charge in [-0.2, -0.15) is 11.3 Å². The second-order valence-corrected chi connectivity index (χ2v) is 4.07. The Bertz CT molecular complexity index is 496. The number of hydrogen-bond acceptors (Lipinski definition) is 2. The zero-order valence-electron chi connectivity index (χ0n) is 8.08. The number of halogens is 3. The molecule has 0 aliphatic rings. The third kappa shape index (κ3) is 1.83. The lowest BCUT2D eigenvalue weighted by molar-refractivity contribution is 0.473. The number of nitrogens with two attached hydrogens (primary N) is 1. The monoisotopic (exact) mass is 243 g/mol. The molecular weight excluding hydrogens is 235 g/mol. The Balaban J connectivity index is 2.52. The van der Waals surface area contributed by atoms with Gasteiger partial charge >= 0.3 is 0 Å². The van der Waals surface area contributed by atoms with Crippen molar-refractivity contribution in [3.63, 3.8) is 0 Å². The molecule has 0 saturated carbocycles. The highest BCUT2D eigenvalue weighted by Gasteiger charge is 2.21. The van der Waals surface area contributed by atoms with Crippen LogP contribution < -0.4 is 5.73 Å². The van der Waals surface area contributed by atoms with Crippen LogP contribution in [0.15, 0.2) is 29.0 Å². The predicted molar refractivity (Wildman–Crippen MR) is 56.7 cm³/mol. The van der Waals surface area contributed by atoms with Gasteiger partial charge in [0.25, 0.3) is 0 Å². The molecule has 0 bridgehead atoms. The van der Waals surface area contributed by atoms with Gasteiger partial charge in [0.15, 0.2) is 11.6 Å². The van der Waals surface area contributed by atoms with Crippen molar-refractivity contribution in [2.24, 2.45) is 5.73 Å². The summed E-state index contributed by atoms with van der Waals surface area (Å²) in [6.45, 7) is 0. The molecule has 0 aliphatic heterocycles. The van der Waals surface area contributed by atoms with E-state index < -0.39 is 29.1 Å². The van der Waals surface area contributed by atoms with E-state index in [0.717, 1.165) is 12.1 Å². The van der Waals surface area contributed by atoms with Crippen LogP contribution in [-0.4, -0.2) is 0 Å². The molecular formula is C11H8F3NS. The SMILES string of the molecule is N[C@@H](c1ccsc1)c1c(F)ccc(F)c1F. The molecule has 84 valence electrons. The summed E-state index contributed by atoms with van der Waals surface area (Å²) in [5.41, 5.74) is 5.82. The van der Waals surface area contributed by atoms with Crippen LogP contribution in [0.25, 0.3) is 0 Å². The molecule has 1 atom stereocenters. The van der Waals surface area contributed by atoms with Gasteiger partial charge < -0.3 is 5.73 Å². The predicted octanol–water partition coefficient (Wildman–Crippen LogP) is 3.21. The van der Waals surface area contributed by atoms with E-state index in [1.165, 1.54) is 11.3 Å². The summed E-state index contributed by atoms with van der Waals surface area (Å²) in [6.07, 6.45) is 0. The van der Waals surface area contributed by atoms with Crippen LogP contribution in [0.4, 0.5) is 13.2 Å². The minimum absolute atomic E-state index is 0.432. The van der Waals surface area contributed by atoms with Crippen LogP contribution in [0.5, 0.6) is 0 Å². The highest BCUT2D eigenvalue weighted by molar-refractivity contribution is 7.08. The van der Waals surface area contributed by atoms with E-state index in [1.54, 1.807) is 16.8 Å². The van der Waals surface area contributed by atoms with Gasteiger partial charge in [-0.15, -0.1) is 0 Å². The lowest BCUT2D eigenvalue weighted by Crippen LogP contribution is -2.15. The largest absolute Gasteiger partial charge is 0.320 e. The van der Waals surface area contributed by atoms with Gasteiger partial charge in [-0.1, -0.05) is 0 Å². The first-order valence-electron chi connectivity index (χ1n) is 4.52. The molecule has 5 heteroatoms. The summed E-state index contributed by atoms with van der Waals surface area (Å²) in [6, 6.07) is 2.29. The van der Waals surface area contributed by atoms with Crippen molar-refractivity contribution >= 4 is 11.3 Å². The second kappa shape index (κ2) is 4.27. The molecule has 0 saturated heterocycles. The lowest BCUT2D eigenvalue weighted by atomic mass is 10.0. The third-order valence-electron chi connectivity index (χ3n) is 2.29. The van der Waals surface area contributed by atoms with Crippen molar-refractivity contribution in [3.8, 4) is 0 Å². The molecule has 1 aromatic carbocycles. The Labute approximate surface area is 94.3 Å². The fourth-order valence-electron chi connectivity index (χ4n) is 1.45. The van der Waals surface area contributed by atoms with Crippen molar-refractivity contribution in [3.05, 3.63) is 57.5 Å². The van der Waals surface area contributed by atoms with Crippen molar-refractivity contribution in [1.29, 1.82) is 0 Å². The van der Waals surface area contributed by atoms with E-state index >= 15 is 0 Å². The van der Waals surface area contributed by atoms with Gasteiger partial charge in [-0.25, -0.2) is 13.2 Å². The molecule has 16 heavy (non-hydrogen) atoms. The third-order valence-corrected chi connectivity index (χ3v) is 2.99. The molecule has 0 aliphatic carbocycles. The molecule has 0 unspecified atom stereocenters. The van der Waals surface area contributed by atoms with Crippen molar-refractivity contribution in [2.45, 2.75) is 6.04 Å². The Kier molecular flexibility index (Phi) is 2.98. The molecule has 2 aromatic rings. The van der Waals surface area contributed by atoms with Crippen LogP contribution in [0, 0.1) is 17.5 Å². The Hall–Kier alpha value is -1.33. The quantitative estimate of drug-likeness (QED) is 0.805. The fourth-order valence-corrected chi connectivity index (χ4v) is 2.14. The van der Waals surface area contributed by atoms with Crippen LogP contribution in [0.2, 0.25) is 0 Å². The molecule has 1 aromatic heterocycles. The minimum Gasteiger partial charge on any atom is -0.320 e. The molecule has 0 amide bonds. The summed E-state index contributed by atoms with van der Waals surface area (Å²) < 4.78 is 39.8. The lowest BCUT2D eigenvalue weighted by Gasteiger charge is -2.12. The second-order valence-electron chi connectivity index (χ2n) is 3.29. The standard InChI is InChI=1S/C11H8F3NS/c12-7-1-2-8(13)10(14)9(7)11(15)6-3-4-16-5-6/h1-5,11H,15H2/t11-/m0/s1. The molecule has 2 rings (SSSR count). The molecule has 1 nitrogen and oxygen atoms in total. The summed E-state index contributed by atoms with van der Waals surface area (Å²) in [4.78, 5) is 0. The zero-order chi connectivity index (χ0) is 11.7. The first-order chi connectivity index (χ1) is 7.61. The first kappa shape index (κ1) is 11.2. The van der Waals surface area contributed by atoms with Gasteiger partial charge in [0.2, 0.25) is 0 Å². The molecule has 1 heterocycles. The number of rotatable bonds is 2. The van der Waals surface area contributed by atoms with Crippen molar-refractivity contribution < 1.29 is 13.2 Å². The first-order valence-corrected chi connectivity index (χ1v) is 5.46. The maximum absolute atomic E-state index is 13.4. The Morgan fingerprint density at radius 2 is 1.75 bits per heavy atom. The Morgan fingerprint density at radius 1 is 1.06 bits per heavy atom. The van der Waals surface area contributed by atoms with Crippen molar-refractivity contribution in [1.82, 2.24) is 0 Å². The normalized spacial score (nSPS) is 12.8. The van der Waals surface area contributed by atoms with Gasteiger partial charge in [0.05, 0.1) is 6.04 Å². The fraction of sp³-hybridized carbons (Fsp3) is 0.0909. The molecule has 0 spiro atoms. The van der Waals surface area contributed by atoms with E-state index in [9.17, 15) is 13.2 Å². The average Bonchev–Trinajstić information content (AvgIpc) is 2.77. The zero-order valence-corrected chi connectivity index (χ0v) is 8.90. The summed E-state index contributed by atoms with van der Waals surface area (Å²) >= 11 is 1.36. The van der Waals surface area contributed by atoms with Gasteiger partial charge in [-0.05, 0) is 34.5 Å². The highest BCUT2D eigenvalue weighted by atomic mass is 32.1. The molecule has 0 radical (unpaired) electrons. The number of thiophene rings is 1. The van der Waals surface area contributed by atoms with Crippen LogP contribution in [-0.2, 0) is 0 Å². The summed E-state index contributed by atoms with van der Waals surface area (Å²) in [5.74, 6) is -3.15. The summed E-state index contributed by atoms with van der Waals surface area (Å²) in [5, 5.41) is 3.42. The van der Waals surface area contributed by atoms with Gasteiger partial charge in [0, 0.05) is 5.56 Å². The van der Waals surface area contributed by atoms with E-state index in [0.29, 0.717) is 5.56 Å². The maximum atomic E-state index is 13.4. The van der Waals surface area contributed by atoms with Gasteiger partial charge in [-0.3, -0.25) is 0 Å². The van der Waals surface area contributed by atoms with Crippen LogP contribution in [0.3, 0.4) is 0 Å². The maximum Gasteiger partial charge on any atom is 0.166 e. The molecule has 0 fully saturated rings. The van der Waals surface area contributed by atoms with E-state index in [-0.39, 0.29) is 0 Å². The van der Waals surface area contributed by atoms with E-state index in [2.05, 4.69) is 0 Å². The van der Waals surface area contributed by atoms with Crippen LogP contribution in [0.1, 0.15) is 17.2 Å².